The van der Waals surface area contributed by atoms with Crippen LogP contribution in [0.3, 0.4) is 0 Å². The van der Waals surface area contributed by atoms with Gasteiger partial charge in [-0.05, 0) is 23.6 Å². The fraction of sp³-hybridized carbons (Fsp3) is 0.333. The molecule has 1 aromatic carbocycles. The van der Waals surface area contributed by atoms with Crippen molar-refractivity contribution < 1.29 is 9.47 Å². The lowest BCUT2D eigenvalue weighted by Gasteiger charge is -2.21. The van der Waals surface area contributed by atoms with Gasteiger partial charge in [-0.25, -0.2) is 0 Å². The van der Waals surface area contributed by atoms with Crippen molar-refractivity contribution in [1.82, 2.24) is 0 Å². The molecule has 0 amide bonds. The molecule has 2 saturated heterocycles. The van der Waals surface area contributed by atoms with Gasteiger partial charge in [0.25, 0.3) is 0 Å². The molecule has 2 aliphatic rings. The van der Waals surface area contributed by atoms with E-state index in [1.807, 2.05) is 18.2 Å². The fourth-order valence-corrected chi connectivity index (χ4v) is 3.34. The highest BCUT2D eigenvalue weighted by molar-refractivity contribution is 7.45. The molecule has 2 fully saturated rings. The lowest BCUT2D eigenvalue weighted by molar-refractivity contribution is -0.0359. The second-order valence-electron chi connectivity index (χ2n) is 4.65. The van der Waals surface area contributed by atoms with Crippen LogP contribution in [0.4, 0.5) is 0 Å². The predicted octanol–water partition coefficient (Wildman–Crippen LogP) is 3.94. The van der Waals surface area contributed by atoms with Crippen molar-refractivity contribution in [3.63, 3.8) is 0 Å². The molecule has 18 heavy (non-hydrogen) atoms. The lowest BCUT2D eigenvalue weighted by Crippen LogP contribution is -2.19. The van der Waals surface area contributed by atoms with Crippen molar-refractivity contribution >= 4 is 8.58 Å². The smallest absolute Gasteiger partial charge is 0.170 e. The van der Waals surface area contributed by atoms with Crippen LogP contribution in [0.1, 0.15) is 25.5 Å². The van der Waals surface area contributed by atoms with Crippen LogP contribution in [0.15, 0.2) is 30.3 Å². The zero-order valence-electron chi connectivity index (χ0n) is 10.6. The summed E-state index contributed by atoms with van der Waals surface area (Å²) in [6.45, 7) is 4.92. The van der Waals surface area contributed by atoms with Crippen molar-refractivity contribution in [3.8, 4) is 0 Å². The van der Waals surface area contributed by atoms with E-state index in [0.717, 1.165) is 0 Å². The Hall–Kier alpha value is -0.430. The van der Waals surface area contributed by atoms with Gasteiger partial charge < -0.3 is 9.47 Å². The number of benzene rings is 1. The zero-order valence-corrected chi connectivity index (χ0v) is 11.5. The van der Waals surface area contributed by atoms with E-state index >= 15 is 0 Å². The first-order chi connectivity index (χ1) is 8.75. The summed E-state index contributed by atoms with van der Waals surface area (Å²) < 4.78 is 11.8. The van der Waals surface area contributed by atoms with E-state index < -0.39 is 0 Å². The van der Waals surface area contributed by atoms with Crippen molar-refractivity contribution in [1.29, 1.82) is 0 Å². The summed E-state index contributed by atoms with van der Waals surface area (Å²) in [5.74, 6) is 2.65. The summed E-state index contributed by atoms with van der Waals surface area (Å²) in [6.07, 6.45) is 2.10. The Morgan fingerprint density at radius 3 is 2.61 bits per heavy atom. The molecule has 2 aliphatic heterocycles. The molecule has 2 atom stereocenters. The zero-order chi connectivity index (χ0) is 12.5. The minimum absolute atomic E-state index is 0.0626. The molecule has 3 rings (SSSR count). The molecule has 0 saturated carbocycles. The Balaban J connectivity index is 1.65. The van der Waals surface area contributed by atoms with Crippen LogP contribution in [0, 0.1) is 23.7 Å². The van der Waals surface area contributed by atoms with Gasteiger partial charge in [0.1, 0.15) is 6.10 Å². The first kappa shape index (κ1) is 12.6. The lowest BCUT2D eigenvalue weighted by atomic mass is 9.94. The molecular formula is C15H16O2P. The van der Waals surface area contributed by atoms with E-state index in [-0.39, 0.29) is 12.4 Å². The van der Waals surface area contributed by atoms with Gasteiger partial charge in [-0.2, -0.15) is 0 Å². The summed E-state index contributed by atoms with van der Waals surface area (Å²) in [6, 6.07) is 10.3. The highest BCUT2D eigenvalue weighted by Crippen LogP contribution is 2.56. The van der Waals surface area contributed by atoms with Gasteiger partial charge in [-0.15, -0.1) is 0 Å². The molecule has 2 heterocycles. The molecule has 0 bridgehead atoms. The molecular weight excluding hydrogens is 243 g/mol. The maximum atomic E-state index is 6.03. The Labute approximate surface area is 111 Å². The van der Waals surface area contributed by atoms with E-state index in [2.05, 4.69) is 32.1 Å². The molecule has 0 N–H and O–H groups in total. The van der Waals surface area contributed by atoms with E-state index in [9.17, 15) is 0 Å². The SMILES string of the molecule is C[C]1[CH][P][C]([C@H]2OC[C@H](c3ccccc3)O2)[C]1C. The van der Waals surface area contributed by atoms with Crippen LogP contribution in [0.5, 0.6) is 0 Å². The van der Waals surface area contributed by atoms with Crippen LogP contribution in [-0.4, -0.2) is 12.9 Å². The van der Waals surface area contributed by atoms with Crippen LogP contribution < -0.4 is 0 Å². The van der Waals surface area contributed by atoms with Gasteiger partial charge in [0, 0.05) is 0 Å². The van der Waals surface area contributed by atoms with Crippen LogP contribution in [-0.2, 0) is 9.47 Å². The third kappa shape index (κ3) is 2.34. The second-order valence-corrected chi connectivity index (χ2v) is 5.65. The maximum Gasteiger partial charge on any atom is 0.170 e. The average molecular weight is 259 g/mol. The van der Waals surface area contributed by atoms with Gasteiger partial charge in [0.2, 0.25) is 0 Å². The van der Waals surface area contributed by atoms with Crippen molar-refractivity contribution in [2.45, 2.75) is 26.2 Å². The van der Waals surface area contributed by atoms with Crippen molar-refractivity contribution in [2.24, 2.45) is 0 Å². The van der Waals surface area contributed by atoms with E-state index in [0.29, 0.717) is 6.61 Å². The Morgan fingerprint density at radius 2 is 1.94 bits per heavy atom. The summed E-state index contributed by atoms with van der Waals surface area (Å²) in [7, 11) is 1.21. The highest BCUT2D eigenvalue weighted by atomic mass is 31.1. The topological polar surface area (TPSA) is 18.5 Å². The first-order valence-electron chi connectivity index (χ1n) is 6.16. The van der Waals surface area contributed by atoms with Gasteiger partial charge in [0.15, 0.2) is 6.29 Å². The molecule has 2 nitrogen and oxygen atoms in total. The molecule has 93 valence electrons. The van der Waals surface area contributed by atoms with Crippen LogP contribution >= 0.6 is 8.58 Å². The Kier molecular flexibility index (Phi) is 3.70. The number of hydrogen-bond donors (Lipinski definition) is 0. The predicted molar refractivity (Wildman–Crippen MR) is 72.3 cm³/mol. The maximum absolute atomic E-state index is 6.03. The summed E-state index contributed by atoms with van der Waals surface area (Å²) >= 11 is 0. The number of hydrogen-bond acceptors (Lipinski definition) is 2. The van der Waals surface area contributed by atoms with E-state index in [1.54, 1.807) is 0 Å². The minimum atomic E-state index is -0.175. The molecule has 0 aliphatic carbocycles. The summed E-state index contributed by atoms with van der Waals surface area (Å²) in [5, 5.41) is 0. The largest absolute Gasteiger partial charge is 0.349 e. The van der Waals surface area contributed by atoms with Gasteiger partial charge in [0.05, 0.1) is 12.3 Å². The average Bonchev–Trinajstić information content (AvgIpc) is 3.00. The standard InChI is InChI=1S/C15H16O2P/c1-10-9-18-14(11(10)2)15-16-8-13(17-15)12-6-4-3-5-7-12/h3-7,9,13,15H,8H2,1-2H3/t13-,15+/m1/s1. The summed E-state index contributed by atoms with van der Waals surface area (Å²) in [4.78, 5) is 0. The van der Waals surface area contributed by atoms with E-state index in [1.165, 1.54) is 31.6 Å². The normalized spacial score (nSPS) is 32.6. The molecule has 0 aromatic heterocycles. The van der Waals surface area contributed by atoms with Gasteiger partial charge in [-0.3, -0.25) is 0 Å². The van der Waals surface area contributed by atoms with Crippen molar-refractivity contribution in [3.05, 3.63) is 59.6 Å². The number of ether oxygens (including phenoxy) is 2. The summed E-state index contributed by atoms with van der Waals surface area (Å²) in [5.41, 5.74) is 2.45. The third-order valence-electron chi connectivity index (χ3n) is 3.45. The fourth-order valence-electron chi connectivity index (χ4n) is 2.19. The van der Waals surface area contributed by atoms with Gasteiger partial charge in [-0.1, -0.05) is 52.8 Å². The van der Waals surface area contributed by atoms with Gasteiger partial charge >= 0.3 is 0 Å². The molecule has 5 radical (unpaired) electrons. The Morgan fingerprint density at radius 1 is 1.17 bits per heavy atom. The second kappa shape index (κ2) is 5.28. The highest BCUT2D eigenvalue weighted by Gasteiger charge is 2.42. The van der Waals surface area contributed by atoms with E-state index in [4.69, 9.17) is 9.47 Å². The minimum Gasteiger partial charge on any atom is -0.349 e. The third-order valence-corrected chi connectivity index (χ3v) is 4.80. The Bertz CT molecular complexity index is 395. The molecule has 0 unspecified atom stereocenters. The number of rotatable bonds is 2. The molecule has 0 spiro atoms. The quantitative estimate of drug-likeness (QED) is 0.749. The molecule has 3 heteroatoms. The molecule has 1 aromatic rings. The first-order valence-corrected chi connectivity index (χ1v) is 7.13. The monoisotopic (exact) mass is 259 g/mol. The van der Waals surface area contributed by atoms with Crippen molar-refractivity contribution in [2.75, 3.05) is 6.61 Å². The van der Waals surface area contributed by atoms with Crippen LogP contribution in [0.25, 0.3) is 0 Å². The van der Waals surface area contributed by atoms with Crippen LogP contribution in [0.2, 0.25) is 0 Å².